The van der Waals surface area contributed by atoms with E-state index < -0.39 is 0 Å². The topological polar surface area (TPSA) is 31.4 Å². The van der Waals surface area contributed by atoms with Crippen LogP contribution in [0.15, 0.2) is 12.3 Å². The number of nitrogens with zero attached hydrogens (tertiary/aromatic N) is 1. The van der Waals surface area contributed by atoms with Crippen molar-refractivity contribution in [3.8, 4) is 11.5 Å². The van der Waals surface area contributed by atoms with Gasteiger partial charge in [0.25, 0.3) is 0 Å². The summed E-state index contributed by atoms with van der Waals surface area (Å²) >= 11 is 0. The molecule has 0 saturated heterocycles. The van der Waals surface area contributed by atoms with E-state index in [4.69, 9.17) is 9.47 Å². The van der Waals surface area contributed by atoms with Gasteiger partial charge >= 0.3 is 0 Å². The fraction of sp³-hybridized carbons (Fsp3) is 0.500. The van der Waals surface area contributed by atoms with Crippen molar-refractivity contribution < 1.29 is 9.47 Å². The second kappa shape index (κ2) is 4.12. The molecular formula is C10H15NO2. The van der Waals surface area contributed by atoms with Crippen molar-refractivity contribution in [1.29, 1.82) is 0 Å². The molecule has 1 rings (SSSR count). The van der Waals surface area contributed by atoms with Gasteiger partial charge < -0.3 is 9.47 Å². The predicted octanol–water partition coefficient (Wildman–Crippen LogP) is 2.22. The smallest absolute Gasteiger partial charge is 0.144 e. The van der Waals surface area contributed by atoms with E-state index in [0.29, 0.717) is 5.92 Å². The molecule has 0 unspecified atom stereocenters. The summed E-state index contributed by atoms with van der Waals surface area (Å²) < 4.78 is 10.3. The number of hydrogen-bond donors (Lipinski definition) is 0. The summed E-state index contributed by atoms with van der Waals surface area (Å²) in [4.78, 5) is 4.27. The Morgan fingerprint density at radius 3 is 2.38 bits per heavy atom. The Bertz CT molecular complexity index is 284. The Kier molecular flexibility index (Phi) is 3.12. The molecule has 0 N–H and O–H groups in total. The number of pyridine rings is 1. The van der Waals surface area contributed by atoms with Crippen molar-refractivity contribution >= 4 is 0 Å². The van der Waals surface area contributed by atoms with Crippen LogP contribution >= 0.6 is 0 Å². The maximum atomic E-state index is 5.21. The fourth-order valence-electron chi connectivity index (χ4n) is 1.15. The first-order valence-electron chi connectivity index (χ1n) is 4.27. The van der Waals surface area contributed by atoms with Crippen LogP contribution in [-0.2, 0) is 0 Å². The van der Waals surface area contributed by atoms with Gasteiger partial charge in [0.2, 0.25) is 0 Å². The van der Waals surface area contributed by atoms with Crippen molar-refractivity contribution in [1.82, 2.24) is 4.98 Å². The molecule has 0 bridgehead atoms. The number of aromatic nitrogens is 1. The lowest BCUT2D eigenvalue weighted by atomic mass is 10.1. The third-order valence-corrected chi connectivity index (χ3v) is 1.86. The monoisotopic (exact) mass is 181 g/mol. The molecule has 1 aromatic heterocycles. The molecule has 3 heteroatoms. The van der Waals surface area contributed by atoms with Gasteiger partial charge in [-0.25, -0.2) is 0 Å². The highest BCUT2D eigenvalue weighted by Gasteiger charge is 2.09. The molecule has 0 fully saturated rings. The van der Waals surface area contributed by atoms with Crippen LogP contribution in [0.4, 0.5) is 0 Å². The van der Waals surface area contributed by atoms with Gasteiger partial charge in [-0.05, 0) is 5.92 Å². The molecule has 0 atom stereocenters. The second-order valence-electron chi connectivity index (χ2n) is 3.12. The lowest BCUT2D eigenvalue weighted by molar-refractivity contribution is 0.385. The Labute approximate surface area is 78.7 Å². The van der Waals surface area contributed by atoms with Crippen molar-refractivity contribution in [3.05, 3.63) is 18.0 Å². The van der Waals surface area contributed by atoms with Gasteiger partial charge in [0.15, 0.2) is 0 Å². The molecule has 0 amide bonds. The third-order valence-electron chi connectivity index (χ3n) is 1.86. The highest BCUT2D eigenvalue weighted by molar-refractivity contribution is 5.36. The Hall–Kier alpha value is -1.25. The van der Waals surface area contributed by atoms with E-state index in [1.807, 2.05) is 6.07 Å². The first-order chi connectivity index (χ1) is 6.19. The van der Waals surface area contributed by atoms with Crippen LogP contribution in [-0.4, -0.2) is 19.2 Å². The SMILES string of the molecule is COc1cnc(C(C)C)c(OC)c1. The van der Waals surface area contributed by atoms with Crippen LogP contribution in [0.3, 0.4) is 0 Å². The molecule has 0 aliphatic rings. The molecule has 0 aromatic carbocycles. The zero-order chi connectivity index (χ0) is 9.84. The van der Waals surface area contributed by atoms with Gasteiger partial charge in [-0.3, -0.25) is 4.98 Å². The minimum Gasteiger partial charge on any atom is -0.495 e. The maximum Gasteiger partial charge on any atom is 0.144 e. The molecule has 0 spiro atoms. The second-order valence-corrected chi connectivity index (χ2v) is 3.12. The summed E-state index contributed by atoms with van der Waals surface area (Å²) in [7, 11) is 3.26. The molecule has 13 heavy (non-hydrogen) atoms. The number of rotatable bonds is 3. The summed E-state index contributed by atoms with van der Waals surface area (Å²) in [6.45, 7) is 4.16. The Morgan fingerprint density at radius 1 is 1.23 bits per heavy atom. The third kappa shape index (κ3) is 2.11. The molecule has 1 aromatic rings. The van der Waals surface area contributed by atoms with Crippen molar-refractivity contribution in [2.75, 3.05) is 14.2 Å². The predicted molar refractivity (Wildman–Crippen MR) is 51.4 cm³/mol. The van der Waals surface area contributed by atoms with E-state index in [2.05, 4.69) is 18.8 Å². The van der Waals surface area contributed by atoms with Gasteiger partial charge in [0, 0.05) is 6.07 Å². The van der Waals surface area contributed by atoms with E-state index in [1.165, 1.54) is 0 Å². The molecule has 0 radical (unpaired) electrons. The summed E-state index contributed by atoms with van der Waals surface area (Å²) in [5.74, 6) is 1.87. The summed E-state index contributed by atoms with van der Waals surface area (Å²) in [5, 5.41) is 0. The lowest BCUT2D eigenvalue weighted by Gasteiger charge is -2.11. The molecule has 0 aliphatic heterocycles. The molecule has 1 heterocycles. The van der Waals surface area contributed by atoms with Gasteiger partial charge in [-0.2, -0.15) is 0 Å². The highest BCUT2D eigenvalue weighted by Crippen LogP contribution is 2.27. The number of ether oxygens (including phenoxy) is 2. The van der Waals surface area contributed by atoms with Crippen LogP contribution in [0.1, 0.15) is 25.5 Å². The Morgan fingerprint density at radius 2 is 1.92 bits per heavy atom. The van der Waals surface area contributed by atoms with Gasteiger partial charge in [0.1, 0.15) is 11.5 Å². The van der Waals surface area contributed by atoms with E-state index in [0.717, 1.165) is 17.2 Å². The van der Waals surface area contributed by atoms with Crippen LogP contribution in [0.2, 0.25) is 0 Å². The van der Waals surface area contributed by atoms with E-state index in [-0.39, 0.29) is 0 Å². The average molecular weight is 181 g/mol. The first kappa shape index (κ1) is 9.84. The number of methoxy groups -OCH3 is 2. The molecule has 0 aliphatic carbocycles. The Balaban J connectivity index is 3.08. The zero-order valence-electron chi connectivity index (χ0n) is 8.50. The first-order valence-corrected chi connectivity index (χ1v) is 4.27. The average Bonchev–Trinajstić information content (AvgIpc) is 2.16. The fourth-order valence-corrected chi connectivity index (χ4v) is 1.15. The minimum absolute atomic E-state index is 0.362. The van der Waals surface area contributed by atoms with Crippen LogP contribution in [0, 0.1) is 0 Å². The molecule has 3 nitrogen and oxygen atoms in total. The highest BCUT2D eigenvalue weighted by atomic mass is 16.5. The van der Waals surface area contributed by atoms with Crippen LogP contribution in [0.25, 0.3) is 0 Å². The maximum absolute atomic E-state index is 5.21. The van der Waals surface area contributed by atoms with Crippen molar-refractivity contribution in [3.63, 3.8) is 0 Å². The van der Waals surface area contributed by atoms with Gasteiger partial charge in [0.05, 0.1) is 26.1 Å². The molecule has 72 valence electrons. The zero-order valence-corrected chi connectivity index (χ0v) is 8.50. The summed E-state index contributed by atoms with van der Waals surface area (Å²) in [5.41, 5.74) is 0.961. The largest absolute Gasteiger partial charge is 0.495 e. The van der Waals surface area contributed by atoms with E-state index in [1.54, 1.807) is 20.4 Å². The van der Waals surface area contributed by atoms with Gasteiger partial charge in [-0.15, -0.1) is 0 Å². The van der Waals surface area contributed by atoms with E-state index in [9.17, 15) is 0 Å². The quantitative estimate of drug-likeness (QED) is 0.716. The summed E-state index contributed by atoms with van der Waals surface area (Å²) in [6, 6.07) is 1.85. The van der Waals surface area contributed by atoms with Crippen molar-refractivity contribution in [2.24, 2.45) is 0 Å². The van der Waals surface area contributed by atoms with Crippen LogP contribution in [0.5, 0.6) is 11.5 Å². The van der Waals surface area contributed by atoms with Crippen molar-refractivity contribution in [2.45, 2.75) is 19.8 Å². The summed E-state index contributed by atoms with van der Waals surface area (Å²) in [6.07, 6.45) is 1.71. The normalized spacial score (nSPS) is 10.2. The molecular weight excluding hydrogens is 166 g/mol. The van der Waals surface area contributed by atoms with Gasteiger partial charge in [-0.1, -0.05) is 13.8 Å². The molecule has 0 saturated carbocycles. The number of hydrogen-bond acceptors (Lipinski definition) is 3. The van der Waals surface area contributed by atoms with Crippen LogP contribution < -0.4 is 9.47 Å². The minimum atomic E-state index is 0.362. The van der Waals surface area contributed by atoms with E-state index >= 15 is 0 Å². The standard InChI is InChI=1S/C10H15NO2/c1-7(2)10-9(13-4)5-8(12-3)6-11-10/h5-7H,1-4H3. The lowest BCUT2D eigenvalue weighted by Crippen LogP contribution is -1.98.